The van der Waals surface area contributed by atoms with Crippen LogP contribution in [0.25, 0.3) is 16.8 Å². The molecule has 0 aliphatic rings. The summed E-state index contributed by atoms with van der Waals surface area (Å²) in [6.07, 6.45) is 4.09. The lowest BCUT2D eigenvalue weighted by atomic mass is 10.0. The molecule has 2 amide bonds. The zero-order chi connectivity index (χ0) is 20.1. The van der Waals surface area contributed by atoms with Crippen molar-refractivity contribution in [1.29, 1.82) is 0 Å². The minimum Gasteiger partial charge on any atom is -0.268 e. The molecule has 0 aromatic heterocycles. The molecule has 0 aliphatic carbocycles. The van der Waals surface area contributed by atoms with Crippen LogP contribution in [0.4, 0.5) is 0 Å². The summed E-state index contributed by atoms with van der Waals surface area (Å²) in [5, 5.41) is 2.08. The fourth-order valence-corrected chi connectivity index (χ4v) is 3.28. The number of hydrogen-bond donors (Lipinski definition) is 2. The average Bonchev–Trinajstić information content (AvgIpc) is 2.69. The highest BCUT2D eigenvalue weighted by Crippen LogP contribution is 2.19. The first-order valence-corrected chi connectivity index (χ1v) is 10.3. The van der Waals surface area contributed by atoms with Gasteiger partial charge in [-0.1, -0.05) is 42.5 Å². The topological polar surface area (TPSA) is 92.3 Å². The summed E-state index contributed by atoms with van der Waals surface area (Å²) in [4.78, 5) is 24.2. The quantitative estimate of drug-likeness (QED) is 0.526. The molecule has 3 aromatic carbocycles. The van der Waals surface area contributed by atoms with Gasteiger partial charge in [0.2, 0.25) is 0 Å². The number of fused-ring (bicyclic) bond motifs is 1. The number of nitrogens with one attached hydrogen (secondary N) is 2. The SMILES string of the molecule is CS(=O)(=O)c1ccc(C(=O)NNC(=O)/C=C/c2cccc3ccccc23)cc1. The second-order valence-corrected chi connectivity index (χ2v) is 8.16. The molecule has 0 heterocycles. The van der Waals surface area contributed by atoms with Crippen LogP contribution in [0.2, 0.25) is 0 Å². The Morgan fingerprint density at radius 1 is 0.857 bits per heavy atom. The van der Waals surface area contributed by atoms with Gasteiger partial charge in [0, 0.05) is 17.9 Å². The normalized spacial score (nSPS) is 11.5. The van der Waals surface area contributed by atoms with Gasteiger partial charge in [0.05, 0.1) is 4.90 Å². The Bertz CT molecular complexity index is 1160. The van der Waals surface area contributed by atoms with E-state index in [0.29, 0.717) is 0 Å². The standard InChI is InChI=1S/C21H18N2O4S/c1-28(26,27)18-12-9-17(10-13-18)21(25)23-22-20(24)14-11-16-7-4-6-15-5-2-3-8-19(15)16/h2-14H,1H3,(H,22,24)(H,23,25)/b14-11+. The summed E-state index contributed by atoms with van der Waals surface area (Å²) in [5.74, 6) is -1.04. The van der Waals surface area contributed by atoms with Crippen molar-refractivity contribution in [3.63, 3.8) is 0 Å². The molecule has 3 rings (SSSR count). The van der Waals surface area contributed by atoms with E-state index in [1.165, 1.54) is 30.3 Å². The van der Waals surface area contributed by atoms with E-state index in [9.17, 15) is 18.0 Å². The van der Waals surface area contributed by atoms with Gasteiger partial charge in [-0.3, -0.25) is 20.4 Å². The first-order valence-electron chi connectivity index (χ1n) is 8.41. The Morgan fingerprint density at radius 2 is 1.54 bits per heavy atom. The molecule has 0 aliphatic heterocycles. The summed E-state index contributed by atoms with van der Waals surface area (Å²) in [5.41, 5.74) is 5.70. The van der Waals surface area contributed by atoms with Crippen molar-refractivity contribution >= 4 is 38.5 Å². The van der Waals surface area contributed by atoms with Crippen LogP contribution in [0.3, 0.4) is 0 Å². The molecule has 0 spiro atoms. The molecule has 3 aromatic rings. The van der Waals surface area contributed by atoms with Crippen LogP contribution in [0.5, 0.6) is 0 Å². The van der Waals surface area contributed by atoms with Crippen LogP contribution in [-0.2, 0) is 14.6 Å². The monoisotopic (exact) mass is 394 g/mol. The highest BCUT2D eigenvalue weighted by Gasteiger charge is 2.10. The second kappa shape index (κ2) is 8.06. The third kappa shape index (κ3) is 4.63. The summed E-state index contributed by atoms with van der Waals surface area (Å²) >= 11 is 0. The molecule has 0 bridgehead atoms. The van der Waals surface area contributed by atoms with Gasteiger partial charge in [-0.2, -0.15) is 0 Å². The van der Waals surface area contributed by atoms with Crippen LogP contribution in [0, 0.1) is 0 Å². The molecule has 6 nitrogen and oxygen atoms in total. The summed E-state index contributed by atoms with van der Waals surface area (Å²) in [6.45, 7) is 0. The van der Waals surface area contributed by atoms with E-state index in [1.54, 1.807) is 6.08 Å². The van der Waals surface area contributed by atoms with Gasteiger partial charge in [-0.05, 0) is 46.7 Å². The van der Waals surface area contributed by atoms with E-state index in [2.05, 4.69) is 10.9 Å². The lowest BCUT2D eigenvalue weighted by molar-refractivity contribution is -0.117. The summed E-state index contributed by atoms with van der Waals surface area (Å²) in [7, 11) is -3.33. The van der Waals surface area contributed by atoms with E-state index < -0.39 is 21.7 Å². The van der Waals surface area contributed by atoms with Crippen molar-refractivity contribution in [1.82, 2.24) is 10.9 Å². The van der Waals surface area contributed by atoms with Gasteiger partial charge < -0.3 is 0 Å². The van der Waals surface area contributed by atoms with E-state index in [0.717, 1.165) is 22.6 Å². The van der Waals surface area contributed by atoms with Crippen LogP contribution >= 0.6 is 0 Å². The molecule has 28 heavy (non-hydrogen) atoms. The maximum absolute atomic E-state index is 12.1. The fraction of sp³-hybridized carbons (Fsp3) is 0.0476. The molecular formula is C21H18N2O4S. The lowest BCUT2D eigenvalue weighted by Gasteiger charge is -2.06. The van der Waals surface area contributed by atoms with Gasteiger partial charge in [0.1, 0.15) is 0 Å². The maximum atomic E-state index is 12.1. The average molecular weight is 394 g/mol. The van der Waals surface area contributed by atoms with Crippen molar-refractivity contribution in [2.75, 3.05) is 6.26 Å². The number of hydrogen-bond acceptors (Lipinski definition) is 4. The van der Waals surface area contributed by atoms with Gasteiger partial charge in [0.15, 0.2) is 9.84 Å². The van der Waals surface area contributed by atoms with Crippen LogP contribution in [-0.4, -0.2) is 26.5 Å². The highest BCUT2D eigenvalue weighted by atomic mass is 32.2. The zero-order valence-corrected chi connectivity index (χ0v) is 15.9. The Morgan fingerprint density at radius 3 is 2.25 bits per heavy atom. The number of hydrazine groups is 1. The fourth-order valence-electron chi connectivity index (χ4n) is 2.65. The Kier molecular flexibility index (Phi) is 5.56. The molecule has 0 atom stereocenters. The van der Waals surface area contributed by atoms with Crippen LogP contribution < -0.4 is 10.9 Å². The molecule has 0 saturated heterocycles. The third-order valence-electron chi connectivity index (χ3n) is 4.08. The van der Waals surface area contributed by atoms with Crippen LogP contribution in [0.1, 0.15) is 15.9 Å². The van der Waals surface area contributed by atoms with E-state index >= 15 is 0 Å². The molecule has 2 N–H and O–H groups in total. The van der Waals surface area contributed by atoms with Crippen LogP contribution in [0.15, 0.2) is 77.7 Å². The lowest BCUT2D eigenvalue weighted by Crippen LogP contribution is -2.40. The van der Waals surface area contributed by atoms with Crippen molar-refractivity contribution in [3.05, 3.63) is 83.9 Å². The second-order valence-electron chi connectivity index (χ2n) is 6.14. The first-order chi connectivity index (χ1) is 13.3. The Hall–Kier alpha value is -3.45. The predicted molar refractivity (Wildman–Crippen MR) is 108 cm³/mol. The molecule has 0 saturated carbocycles. The van der Waals surface area contributed by atoms with E-state index in [1.807, 2.05) is 42.5 Å². The van der Waals surface area contributed by atoms with Crippen molar-refractivity contribution < 1.29 is 18.0 Å². The number of rotatable bonds is 4. The minimum atomic E-state index is -3.33. The number of carbonyl (C=O) groups is 2. The zero-order valence-electron chi connectivity index (χ0n) is 15.0. The summed E-state index contributed by atoms with van der Waals surface area (Å²) < 4.78 is 22.9. The highest BCUT2D eigenvalue weighted by molar-refractivity contribution is 7.90. The Balaban J connectivity index is 1.62. The van der Waals surface area contributed by atoms with Gasteiger partial charge in [0.25, 0.3) is 11.8 Å². The predicted octanol–water partition coefficient (Wildman–Crippen LogP) is 2.72. The molecule has 0 radical (unpaired) electrons. The van der Waals surface area contributed by atoms with Crippen molar-refractivity contribution in [3.8, 4) is 0 Å². The van der Waals surface area contributed by atoms with Crippen molar-refractivity contribution in [2.24, 2.45) is 0 Å². The largest absolute Gasteiger partial charge is 0.269 e. The molecule has 0 fully saturated rings. The number of carbonyl (C=O) groups excluding carboxylic acids is 2. The minimum absolute atomic E-state index is 0.117. The van der Waals surface area contributed by atoms with Crippen molar-refractivity contribution in [2.45, 2.75) is 4.90 Å². The van der Waals surface area contributed by atoms with E-state index in [-0.39, 0.29) is 10.5 Å². The van der Waals surface area contributed by atoms with Gasteiger partial charge >= 0.3 is 0 Å². The molecular weight excluding hydrogens is 376 g/mol. The maximum Gasteiger partial charge on any atom is 0.269 e. The van der Waals surface area contributed by atoms with E-state index in [4.69, 9.17) is 0 Å². The van der Waals surface area contributed by atoms with Gasteiger partial charge in [-0.15, -0.1) is 0 Å². The summed E-state index contributed by atoms with van der Waals surface area (Å²) in [6, 6.07) is 19.1. The first kappa shape index (κ1) is 19.3. The molecule has 142 valence electrons. The molecule has 7 heteroatoms. The Labute approximate surface area is 162 Å². The number of amides is 2. The molecule has 0 unspecified atom stereocenters. The third-order valence-corrected chi connectivity index (χ3v) is 5.21. The number of benzene rings is 3. The smallest absolute Gasteiger partial charge is 0.268 e. The van der Waals surface area contributed by atoms with Gasteiger partial charge in [-0.25, -0.2) is 8.42 Å². The number of sulfone groups is 1.